The van der Waals surface area contributed by atoms with Crippen molar-refractivity contribution in [2.45, 2.75) is 38.0 Å². The summed E-state index contributed by atoms with van der Waals surface area (Å²) in [5.41, 5.74) is 8.41. The Bertz CT molecular complexity index is 788. The molecule has 1 fully saturated rings. The summed E-state index contributed by atoms with van der Waals surface area (Å²) in [5, 5.41) is 5.11. The average Bonchev–Trinajstić information content (AvgIpc) is 3.10. The Morgan fingerprint density at radius 3 is 2.73 bits per heavy atom. The monoisotopic (exact) mass is 293 g/mol. The van der Waals surface area contributed by atoms with Crippen LogP contribution in [0.1, 0.15) is 43.6 Å². The van der Waals surface area contributed by atoms with E-state index in [1.54, 1.807) is 10.9 Å². The van der Waals surface area contributed by atoms with Gasteiger partial charge in [-0.2, -0.15) is 10.1 Å². The zero-order valence-corrected chi connectivity index (χ0v) is 12.4. The van der Waals surface area contributed by atoms with Gasteiger partial charge in [0.2, 0.25) is 0 Å². The van der Waals surface area contributed by atoms with Crippen molar-refractivity contribution in [2.24, 2.45) is 0 Å². The van der Waals surface area contributed by atoms with Gasteiger partial charge in [0.15, 0.2) is 0 Å². The minimum absolute atomic E-state index is 0.514. The molecule has 112 valence electrons. The number of nitrogens with two attached hydrogens (primary N) is 1. The molecular weight excluding hydrogens is 274 g/mol. The molecule has 0 radical (unpaired) electrons. The molecule has 0 bridgehead atoms. The van der Waals surface area contributed by atoms with Crippen LogP contribution in [0.2, 0.25) is 0 Å². The Labute approximate surface area is 129 Å². The summed E-state index contributed by atoms with van der Waals surface area (Å²) in [6, 6.07) is 8.27. The Balaban J connectivity index is 1.77. The highest BCUT2D eigenvalue weighted by atomic mass is 15.3. The van der Waals surface area contributed by atoms with E-state index >= 15 is 0 Å². The van der Waals surface area contributed by atoms with Crippen molar-refractivity contribution in [1.82, 2.24) is 19.7 Å². The van der Waals surface area contributed by atoms with E-state index in [0.29, 0.717) is 17.7 Å². The van der Waals surface area contributed by atoms with E-state index in [1.807, 2.05) is 12.3 Å². The van der Waals surface area contributed by atoms with Crippen LogP contribution in [0.25, 0.3) is 16.9 Å². The van der Waals surface area contributed by atoms with Crippen LogP contribution in [0.5, 0.6) is 0 Å². The zero-order valence-electron chi connectivity index (χ0n) is 12.4. The van der Waals surface area contributed by atoms with E-state index in [9.17, 15) is 0 Å². The first-order chi connectivity index (χ1) is 10.8. The lowest BCUT2D eigenvalue weighted by Gasteiger charge is -2.22. The van der Waals surface area contributed by atoms with Gasteiger partial charge in [-0.25, -0.2) is 9.67 Å². The summed E-state index contributed by atoms with van der Waals surface area (Å²) in [6.07, 6.45) is 10.1. The predicted octanol–water partition coefficient (Wildman–Crippen LogP) is 3.45. The van der Waals surface area contributed by atoms with Gasteiger partial charge in [0.25, 0.3) is 5.95 Å². The number of aromatic nitrogens is 4. The van der Waals surface area contributed by atoms with Gasteiger partial charge in [-0.05, 0) is 42.5 Å². The van der Waals surface area contributed by atoms with Crippen molar-refractivity contribution < 1.29 is 0 Å². The lowest BCUT2D eigenvalue weighted by Crippen LogP contribution is -2.07. The smallest absolute Gasteiger partial charge is 0.253 e. The number of rotatable bonds is 2. The number of nitrogen functional groups attached to an aromatic ring is 1. The molecular formula is C17H19N5. The average molecular weight is 293 g/mol. The van der Waals surface area contributed by atoms with Crippen LogP contribution in [0, 0.1) is 0 Å². The number of benzene rings is 1. The molecule has 1 aromatic carbocycles. The molecule has 1 saturated carbocycles. The van der Waals surface area contributed by atoms with Crippen LogP contribution in [0.15, 0.2) is 36.7 Å². The van der Waals surface area contributed by atoms with Gasteiger partial charge in [0.1, 0.15) is 5.82 Å². The van der Waals surface area contributed by atoms with Gasteiger partial charge in [0.05, 0.1) is 5.52 Å². The van der Waals surface area contributed by atoms with E-state index in [2.05, 4.69) is 33.3 Å². The van der Waals surface area contributed by atoms with Crippen molar-refractivity contribution in [2.75, 3.05) is 5.73 Å². The largest absolute Gasteiger partial charge is 0.383 e. The highest BCUT2D eigenvalue weighted by Crippen LogP contribution is 2.34. The quantitative estimate of drug-likeness (QED) is 0.785. The topological polar surface area (TPSA) is 69.6 Å². The Kier molecular flexibility index (Phi) is 3.25. The van der Waals surface area contributed by atoms with Gasteiger partial charge in [0, 0.05) is 17.8 Å². The molecule has 22 heavy (non-hydrogen) atoms. The van der Waals surface area contributed by atoms with E-state index in [0.717, 1.165) is 10.9 Å². The summed E-state index contributed by atoms with van der Waals surface area (Å²) in [5.74, 6) is 1.69. The molecule has 0 atom stereocenters. The molecule has 0 amide bonds. The molecule has 2 N–H and O–H groups in total. The first kappa shape index (κ1) is 13.2. The normalized spacial score (nSPS) is 16.2. The van der Waals surface area contributed by atoms with E-state index < -0.39 is 0 Å². The summed E-state index contributed by atoms with van der Waals surface area (Å²) in [6.45, 7) is 0. The van der Waals surface area contributed by atoms with Crippen LogP contribution in [-0.2, 0) is 0 Å². The second kappa shape index (κ2) is 5.40. The maximum atomic E-state index is 6.17. The van der Waals surface area contributed by atoms with E-state index in [1.165, 1.54) is 37.7 Å². The minimum atomic E-state index is 0.514. The first-order valence-electron chi connectivity index (χ1n) is 7.88. The van der Waals surface area contributed by atoms with Crippen molar-refractivity contribution in [3.63, 3.8) is 0 Å². The summed E-state index contributed by atoms with van der Waals surface area (Å²) >= 11 is 0. The SMILES string of the molecule is Nc1nc(-n2cccn2)nc2ccc(C3CCCCC3)cc12. The molecule has 3 aromatic rings. The zero-order chi connectivity index (χ0) is 14.9. The standard InChI is InChI=1S/C17H19N5/c18-16-14-11-13(12-5-2-1-3-6-12)7-8-15(14)20-17(21-16)22-10-4-9-19-22/h4,7-12H,1-3,5-6H2,(H2,18,20,21). The van der Waals surface area contributed by atoms with Gasteiger partial charge < -0.3 is 5.73 Å². The third-order valence-electron chi connectivity index (χ3n) is 4.52. The number of anilines is 1. The fraction of sp³-hybridized carbons (Fsp3) is 0.353. The van der Waals surface area contributed by atoms with Gasteiger partial charge in [-0.1, -0.05) is 25.3 Å². The summed E-state index contributed by atoms with van der Waals surface area (Å²) in [4.78, 5) is 8.97. The highest BCUT2D eigenvalue weighted by molar-refractivity contribution is 5.89. The molecule has 0 aliphatic heterocycles. The van der Waals surface area contributed by atoms with Gasteiger partial charge in [-0.15, -0.1) is 0 Å². The van der Waals surface area contributed by atoms with Crippen molar-refractivity contribution in [3.05, 3.63) is 42.2 Å². The lowest BCUT2D eigenvalue weighted by atomic mass is 9.84. The fourth-order valence-corrected chi connectivity index (χ4v) is 3.34. The van der Waals surface area contributed by atoms with Gasteiger partial charge >= 0.3 is 0 Å². The lowest BCUT2D eigenvalue weighted by molar-refractivity contribution is 0.444. The van der Waals surface area contributed by atoms with Gasteiger partial charge in [-0.3, -0.25) is 0 Å². The van der Waals surface area contributed by atoms with Crippen molar-refractivity contribution in [3.8, 4) is 5.95 Å². The third kappa shape index (κ3) is 2.32. The Morgan fingerprint density at radius 1 is 1.09 bits per heavy atom. The number of hydrogen-bond donors (Lipinski definition) is 1. The fourth-order valence-electron chi connectivity index (χ4n) is 3.34. The molecule has 1 aliphatic carbocycles. The molecule has 5 nitrogen and oxygen atoms in total. The van der Waals surface area contributed by atoms with Crippen molar-refractivity contribution >= 4 is 16.7 Å². The van der Waals surface area contributed by atoms with E-state index in [4.69, 9.17) is 5.73 Å². The van der Waals surface area contributed by atoms with Crippen LogP contribution < -0.4 is 5.73 Å². The third-order valence-corrected chi connectivity index (χ3v) is 4.52. The molecule has 5 heteroatoms. The summed E-state index contributed by atoms with van der Waals surface area (Å²) < 4.78 is 1.63. The molecule has 2 heterocycles. The molecule has 1 aliphatic rings. The maximum absolute atomic E-state index is 6.17. The molecule has 2 aromatic heterocycles. The second-order valence-corrected chi connectivity index (χ2v) is 5.97. The second-order valence-electron chi connectivity index (χ2n) is 5.97. The number of fused-ring (bicyclic) bond motifs is 1. The maximum Gasteiger partial charge on any atom is 0.253 e. The Morgan fingerprint density at radius 2 is 1.95 bits per heavy atom. The summed E-state index contributed by atoms with van der Waals surface area (Å²) in [7, 11) is 0. The van der Waals surface area contributed by atoms with E-state index in [-0.39, 0.29) is 0 Å². The van der Waals surface area contributed by atoms with Crippen molar-refractivity contribution in [1.29, 1.82) is 0 Å². The molecule has 0 spiro atoms. The van der Waals surface area contributed by atoms with Crippen LogP contribution >= 0.6 is 0 Å². The van der Waals surface area contributed by atoms with Crippen LogP contribution in [-0.4, -0.2) is 19.7 Å². The minimum Gasteiger partial charge on any atom is -0.383 e. The Hall–Kier alpha value is -2.43. The van der Waals surface area contributed by atoms with Crippen LogP contribution in [0.4, 0.5) is 5.82 Å². The number of nitrogens with zero attached hydrogens (tertiary/aromatic N) is 4. The predicted molar refractivity (Wildman–Crippen MR) is 86.9 cm³/mol. The number of hydrogen-bond acceptors (Lipinski definition) is 4. The molecule has 4 rings (SSSR count). The molecule has 0 unspecified atom stereocenters. The highest BCUT2D eigenvalue weighted by Gasteiger charge is 2.17. The first-order valence-corrected chi connectivity index (χ1v) is 7.88. The van der Waals surface area contributed by atoms with Crippen LogP contribution in [0.3, 0.4) is 0 Å². The molecule has 0 saturated heterocycles.